The van der Waals surface area contributed by atoms with Gasteiger partial charge in [0.25, 0.3) is 0 Å². The molecule has 1 saturated heterocycles. The number of rotatable bonds is 4. The van der Waals surface area contributed by atoms with Crippen molar-refractivity contribution in [3.05, 3.63) is 41.0 Å². The molecule has 0 bridgehead atoms. The summed E-state index contributed by atoms with van der Waals surface area (Å²) >= 11 is 3.67. The van der Waals surface area contributed by atoms with Crippen molar-refractivity contribution in [3.63, 3.8) is 0 Å². The van der Waals surface area contributed by atoms with Crippen LogP contribution in [0.2, 0.25) is 0 Å². The first-order valence-electron chi connectivity index (χ1n) is 9.07. The van der Waals surface area contributed by atoms with Gasteiger partial charge in [0.05, 0.1) is 33.9 Å². The molecule has 8 heteroatoms. The van der Waals surface area contributed by atoms with Gasteiger partial charge in [0.15, 0.2) is 23.0 Å². The minimum Gasteiger partial charge on any atom is -0.504 e. The summed E-state index contributed by atoms with van der Waals surface area (Å²) in [6.07, 6.45) is 0. The van der Waals surface area contributed by atoms with Crippen LogP contribution in [-0.4, -0.2) is 44.1 Å². The number of benzene rings is 2. The molecule has 0 radical (unpaired) electrons. The number of cyclic esters (lactones) is 1. The third-order valence-corrected chi connectivity index (χ3v) is 6.92. The van der Waals surface area contributed by atoms with Gasteiger partial charge in [0, 0.05) is 16.7 Å². The predicted octanol–water partition coefficient (Wildman–Crippen LogP) is 3.49. The minimum absolute atomic E-state index is 0.122. The van der Waals surface area contributed by atoms with E-state index in [2.05, 4.69) is 15.9 Å². The second kappa shape index (κ2) is 7.33. The fraction of sp³-hybridized carbons (Fsp3) is 0.381. The van der Waals surface area contributed by atoms with Gasteiger partial charge in [-0.05, 0) is 41.0 Å². The number of ether oxygens (including phenoxy) is 4. The molecule has 154 valence electrons. The molecule has 1 fully saturated rings. The van der Waals surface area contributed by atoms with Crippen molar-refractivity contribution in [2.45, 2.75) is 10.7 Å². The van der Waals surface area contributed by atoms with E-state index in [9.17, 15) is 15.0 Å². The Labute approximate surface area is 176 Å². The maximum atomic E-state index is 12.7. The Morgan fingerprint density at radius 2 is 1.55 bits per heavy atom. The summed E-state index contributed by atoms with van der Waals surface area (Å²) in [5, 5.41) is 20.2. The Bertz CT molecular complexity index is 949. The predicted molar refractivity (Wildman–Crippen MR) is 107 cm³/mol. The molecule has 7 nitrogen and oxygen atoms in total. The maximum Gasteiger partial charge on any atom is 0.310 e. The van der Waals surface area contributed by atoms with E-state index in [1.807, 2.05) is 0 Å². The van der Waals surface area contributed by atoms with Crippen molar-refractivity contribution < 1.29 is 34.0 Å². The molecule has 4 atom stereocenters. The molecule has 0 amide bonds. The number of carbonyl (C=O) groups excluding carboxylic acids is 1. The third kappa shape index (κ3) is 2.97. The molecular formula is C21H21BrO7. The number of esters is 1. The van der Waals surface area contributed by atoms with Crippen LogP contribution in [0.15, 0.2) is 24.3 Å². The highest BCUT2D eigenvalue weighted by molar-refractivity contribution is 9.09. The molecule has 2 N–H and O–H groups in total. The monoisotopic (exact) mass is 464 g/mol. The van der Waals surface area contributed by atoms with Crippen molar-refractivity contribution in [2.75, 3.05) is 27.9 Å². The number of phenols is 2. The lowest BCUT2D eigenvalue weighted by Gasteiger charge is -2.37. The number of hydrogen-bond acceptors (Lipinski definition) is 7. The van der Waals surface area contributed by atoms with E-state index in [1.165, 1.54) is 33.5 Å². The van der Waals surface area contributed by atoms with Gasteiger partial charge in [0.2, 0.25) is 5.75 Å². The fourth-order valence-electron chi connectivity index (χ4n) is 4.41. The van der Waals surface area contributed by atoms with E-state index in [-0.39, 0.29) is 34.8 Å². The molecule has 0 saturated carbocycles. The number of alkyl halides is 1. The smallest absolute Gasteiger partial charge is 0.310 e. The largest absolute Gasteiger partial charge is 0.504 e. The van der Waals surface area contributed by atoms with Crippen LogP contribution >= 0.6 is 15.9 Å². The first-order valence-corrected chi connectivity index (χ1v) is 9.99. The van der Waals surface area contributed by atoms with Crippen LogP contribution in [0.1, 0.15) is 27.4 Å². The molecule has 2 aromatic carbocycles. The number of halogens is 1. The highest BCUT2D eigenvalue weighted by Crippen LogP contribution is 2.57. The van der Waals surface area contributed by atoms with E-state index < -0.39 is 11.8 Å². The van der Waals surface area contributed by atoms with E-state index in [4.69, 9.17) is 18.9 Å². The Hall–Kier alpha value is -2.61. The number of phenolic OH excluding ortho intramolecular Hbond substituents is 2. The zero-order chi connectivity index (χ0) is 20.9. The van der Waals surface area contributed by atoms with Gasteiger partial charge in [-0.2, -0.15) is 0 Å². The quantitative estimate of drug-likeness (QED) is 0.406. The van der Waals surface area contributed by atoms with Gasteiger partial charge < -0.3 is 29.2 Å². The van der Waals surface area contributed by atoms with Crippen molar-refractivity contribution >= 4 is 21.9 Å². The second-order valence-electron chi connectivity index (χ2n) is 7.13. The van der Waals surface area contributed by atoms with E-state index in [0.29, 0.717) is 17.2 Å². The summed E-state index contributed by atoms with van der Waals surface area (Å²) in [7, 11) is 4.58. The number of aromatic hydroxyl groups is 2. The molecule has 1 heterocycles. The highest BCUT2D eigenvalue weighted by atomic mass is 79.9. The van der Waals surface area contributed by atoms with Crippen LogP contribution < -0.4 is 14.2 Å². The van der Waals surface area contributed by atoms with E-state index >= 15 is 0 Å². The Morgan fingerprint density at radius 3 is 2.10 bits per heavy atom. The molecule has 0 aromatic heterocycles. The Kier molecular flexibility index (Phi) is 4.98. The lowest BCUT2D eigenvalue weighted by molar-refractivity contribution is -0.141. The second-order valence-corrected chi connectivity index (χ2v) is 8.11. The van der Waals surface area contributed by atoms with Crippen LogP contribution in [0.5, 0.6) is 28.7 Å². The molecule has 2 aliphatic rings. The number of hydrogen-bond donors (Lipinski definition) is 2. The normalized spacial score (nSPS) is 25.0. The molecule has 1 aliphatic carbocycles. The molecule has 29 heavy (non-hydrogen) atoms. The van der Waals surface area contributed by atoms with Crippen LogP contribution in [0.4, 0.5) is 0 Å². The molecule has 1 aliphatic heterocycles. The number of fused-ring (bicyclic) bond motifs is 2. The Morgan fingerprint density at radius 1 is 0.966 bits per heavy atom. The van der Waals surface area contributed by atoms with Gasteiger partial charge >= 0.3 is 5.97 Å². The molecular weight excluding hydrogens is 444 g/mol. The minimum atomic E-state index is -0.460. The summed E-state index contributed by atoms with van der Waals surface area (Å²) in [5.41, 5.74) is 2.30. The zero-order valence-electron chi connectivity index (χ0n) is 16.1. The summed E-state index contributed by atoms with van der Waals surface area (Å²) in [4.78, 5) is 12.5. The van der Waals surface area contributed by atoms with E-state index in [0.717, 1.165) is 16.7 Å². The average Bonchev–Trinajstić information content (AvgIpc) is 3.10. The van der Waals surface area contributed by atoms with Crippen molar-refractivity contribution in [2.24, 2.45) is 11.8 Å². The third-order valence-electron chi connectivity index (χ3n) is 5.75. The van der Waals surface area contributed by atoms with Crippen molar-refractivity contribution in [1.29, 1.82) is 0 Å². The zero-order valence-corrected chi connectivity index (χ0v) is 17.7. The van der Waals surface area contributed by atoms with Gasteiger partial charge in [-0.25, -0.2) is 0 Å². The summed E-state index contributed by atoms with van der Waals surface area (Å²) < 4.78 is 21.8. The lowest BCUT2D eigenvalue weighted by Crippen LogP contribution is -2.32. The molecule has 2 aromatic rings. The lowest BCUT2D eigenvalue weighted by atomic mass is 9.67. The number of methoxy groups -OCH3 is 3. The first kappa shape index (κ1) is 19.7. The summed E-state index contributed by atoms with van der Waals surface area (Å²) in [6.45, 7) is 0.279. The molecule has 4 rings (SSSR count). The maximum absolute atomic E-state index is 12.7. The van der Waals surface area contributed by atoms with Crippen LogP contribution in [-0.2, 0) is 9.53 Å². The fourth-order valence-corrected chi connectivity index (χ4v) is 5.29. The highest BCUT2D eigenvalue weighted by Gasteiger charge is 2.51. The first-order chi connectivity index (χ1) is 13.9. The summed E-state index contributed by atoms with van der Waals surface area (Å²) in [5.74, 6) is -0.360. The van der Waals surface area contributed by atoms with Gasteiger partial charge in [-0.1, -0.05) is 15.9 Å². The SMILES string of the molecule is COc1cc([C@@H]2c3cc(O)c(O)cc3[C@@H](Br)C3COC(=O)[C@@H]32)cc(OC)c1OC. The molecule has 1 unspecified atom stereocenters. The van der Waals surface area contributed by atoms with Gasteiger partial charge in [0.1, 0.15) is 0 Å². The average molecular weight is 465 g/mol. The van der Waals surface area contributed by atoms with Crippen LogP contribution in [0, 0.1) is 11.8 Å². The van der Waals surface area contributed by atoms with E-state index in [1.54, 1.807) is 12.1 Å². The van der Waals surface area contributed by atoms with Crippen LogP contribution in [0.3, 0.4) is 0 Å². The molecule has 0 spiro atoms. The standard InChI is InChI=1S/C21H21BrO7/c1-26-15-4-9(5-16(27-2)20(15)28-3)17-10-6-13(23)14(24)7-11(10)19(22)12-8-29-21(25)18(12)17/h4-7,12,17-19,23-24H,8H2,1-3H3/t12?,17-,18+,19-/m1/s1. The van der Waals surface area contributed by atoms with Gasteiger partial charge in [-0.3, -0.25) is 4.79 Å². The Balaban J connectivity index is 1.97. The van der Waals surface area contributed by atoms with Crippen molar-refractivity contribution in [1.82, 2.24) is 0 Å². The van der Waals surface area contributed by atoms with Crippen molar-refractivity contribution in [3.8, 4) is 28.7 Å². The number of carbonyl (C=O) groups is 1. The van der Waals surface area contributed by atoms with Crippen LogP contribution in [0.25, 0.3) is 0 Å². The summed E-state index contributed by atoms with van der Waals surface area (Å²) in [6, 6.07) is 6.65. The topological polar surface area (TPSA) is 94.5 Å². The van der Waals surface area contributed by atoms with Gasteiger partial charge in [-0.15, -0.1) is 0 Å².